The summed E-state index contributed by atoms with van der Waals surface area (Å²) in [5.41, 5.74) is 2.73. The van der Waals surface area contributed by atoms with Crippen molar-refractivity contribution in [2.45, 2.75) is 31.3 Å². The second-order valence-corrected chi connectivity index (χ2v) is 8.94. The van der Waals surface area contributed by atoms with Crippen LogP contribution in [0.5, 0.6) is 0 Å². The van der Waals surface area contributed by atoms with Crippen LogP contribution in [0.15, 0.2) is 42.9 Å². The maximum absolute atomic E-state index is 13.1. The predicted octanol–water partition coefficient (Wildman–Crippen LogP) is 1.89. The molecule has 0 aliphatic carbocycles. The zero-order chi connectivity index (χ0) is 21.4. The molecule has 8 heteroatoms. The van der Waals surface area contributed by atoms with Crippen molar-refractivity contribution in [3.05, 3.63) is 59.8 Å². The average Bonchev–Trinajstić information content (AvgIpc) is 3.53. The minimum Gasteiger partial charge on any atom is -0.337 e. The van der Waals surface area contributed by atoms with Crippen molar-refractivity contribution >= 4 is 11.6 Å². The number of nitrogens with zero attached hydrogens (tertiary/aromatic N) is 7. The van der Waals surface area contributed by atoms with Crippen LogP contribution in [0, 0.1) is 0 Å². The molecule has 2 fully saturated rings. The minimum atomic E-state index is 0.0931. The normalized spacial score (nSPS) is 22.1. The summed E-state index contributed by atoms with van der Waals surface area (Å²) in [7, 11) is 4.15. The van der Waals surface area contributed by atoms with Crippen LogP contribution in [0.3, 0.4) is 0 Å². The monoisotopic (exact) mass is 419 g/mol. The number of carbonyl (C=O) groups is 1. The van der Waals surface area contributed by atoms with Crippen LogP contribution in [0.1, 0.15) is 40.5 Å². The van der Waals surface area contributed by atoms with Gasteiger partial charge in [-0.1, -0.05) is 6.07 Å². The number of pyridine rings is 2. The predicted molar refractivity (Wildman–Crippen MR) is 118 cm³/mol. The molecule has 1 amide bonds. The molecule has 0 spiro atoms. The Balaban J connectivity index is 1.32. The molecule has 0 saturated carbocycles. The average molecular weight is 420 g/mol. The van der Waals surface area contributed by atoms with Gasteiger partial charge in [-0.2, -0.15) is 0 Å². The summed E-state index contributed by atoms with van der Waals surface area (Å²) in [6.45, 7) is 4.44. The van der Waals surface area contributed by atoms with E-state index in [9.17, 15) is 4.79 Å². The van der Waals surface area contributed by atoms with E-state index < -0.39 is 0 Å². The fourth-order valence-corrected chi connectivity index (χ4v) is 4.78. The van der Waals surface area contributed by atoms with Gasteiger partial charge < -0.3 is 9.80 Å². The number of hydrogen-bond donors (Lipinski definition) is 0. The third-order valence-corrected chi connectivity index (χ3v) is 6.62. The molecule has 3 aromatic rings. The van der Waals surface area contributed by atoms with Crippen LogP contribution in [-0.2, 0) is 6.54 Å². The molecule has 2 aliphatic rings. The lowest BCUT2D eigenvalue weighted by Gasteiger charge is -2.20. The summed E-state index contributed by atoms with van der Waals surface area (Å²) in [5, 5.41) is 8.85. The van der Waals surface area contributed by atoms with Crippen molar-refractivity contribution in [3.63, 3.8) is 0 Å². The van der Waals surface area contributed by atoms with Crippen LogP contribution in [0.25, 0.3) is 5.65 Å². The Morgan fingerprint density at radius 2 is 2.03 bits per heavy atom. The molecule has 8 nitrogen and oxygen atoms in total. The van der Waals surface area contributed by atoms with Crippen molar-refractivity contribution < 1.29 is 4.79 Å². The van der Waals surface area contributed by atoms with Gasteiger partial charge in [0.15, 0.2) is 5.65 Å². The molecular weight excluding hydrogens is 390 g/mol. The minimum absolute atomic E-state index is 0.0931. The van der Waals surface area contributed by atoms with Gasteiger partial charge in [0, 0.05) is 56.7 Å². The Morgan fingerprint density at radius 3 is 2.81 bits per heavy atom. The van der Waals surface area contributed by atoms with Gasteiger partial charge in [0.2, 0.25) is 0 Å². The molecule has 3 aromatic heterocycles. The van der Waals surface area contributed by atoms with Gasteiger partial charge in [0.1, 0.15) is 5.82 Å². The van der Waals surface area contributed by atoms with Crippen LogP contribution < -0.4 is 0 Å². The summed E-state index contributed by atoms with van der Waals surface area (Å²) in [6, 6.07) is 8.31. The standard InChI is InChI=1S/C23H29N7O/c1-27(2)20-8-11-29(16-20)23(31)19-5-6-21-25-26-22(30(21)15-19)18-7-10-28(14-18)13-17-4-3-9-24-12-17/h3-6,9,12,15,18,20H,7-8,10-11,13-14,16H2,1-2H3/t18-,20+/m1/s1. The van der Waals surface area contributed by atoms with E-state index in [1.54, 1.807) is 6.20 Å². The first kappa shape index (κ1) is 20.1. The highest BCUT2D eigenvalue weighted by atomic mass is 16.2. The van der Waals surface area contributed by atoms with Crippen LogP contribution in [0.2, 0.25) is 0 Å². The smallest absolute Gasteiger partial charge is 0.255 e. The molecule has 0 radical (unpaired) electrons. The first-order valence-corrected chi connectivity index (χ1v) is 11.0. The molecule has 0 bridgehead atoms. The van der Waals surface area contributed by atoms with Crippen molar-refractivity contribution in [2.75, 3.05) is 40.3 Å². The summed E-state index contributed by atoms with van der Waals surface area (Å²) >= 11 is 0. The third-order valence-electron chi connectivity index (χ3n) is 6.62. The van der Waals surface area contributed by atoms with E-state index in [2.05, 4.69) is 45.1 Å². The Hall–Kier alpha value is -2.84. The van der Waals surface area contributed by atoms with Gasteiger partial charge >= 0.3 is 0 Å². The fraction of sp³-hybridized carbons (Fsp3) is 0.478. The van der Waals surface area contributed by atoms with E-state index in [-0.39, 0.29) is 5.91 Å². The lowest BCUT2D eigenvalue weighted by atomic mass is 10.1. The number of likely N-dealkylation sites (N-methyl/N-ethyl adjacent to an activating group) is 1. The van der Waals surface area contributed by atoms with Gasteiger partial charge in [-0.05, 0) is 57.2 Å². The maximum Gasteiger partial charge on any atom is 0.255 e. The summed E-state index contributed by atoms with van der Waals surface area (Å²) in [4.78, 5) is 23.9. The summed E-state index contributed by atoms with van der Waals surface area (Å²) in [6.07, 6.45) is 7.72. The molecule has 0 N–H and O–H groups in total. The number of aromatic nitrogens is 4. The number of rotatable bonds is 5. The zero-order valence-corrected chi connectivity index (χ0v) is 18.2. The second kappa shape index (κ2) is 8.36. The van der Waals surface area contributed by atoms with E-state index in [1.807, 2.05) is 39.9 Å². The van der Waals surface area contributed by atoms with Gasteiger partial charge in [0.05, 0.1) is 5.56 Å². The van der Waals surface area contributed by atoms with Crippen molar-refractivity contribution in [3.8, 4) is 0 Å². The first-order valence-electron chi connectivity index (χ1n) is 11.0. The highest BCUT2D eigenvalue weighted by Crippen LogP contribution is 2.28. The van der Waals surface area contributed by atoms with Crippen LogP contribution in [-0.4, -0.2) is 86.5 Å². The maximum atomic E-state index is 13.1. The van der Waals surface area contributed by atoms with E-state index >= 15 is 0 Å². The number of hydrogen-bond acceptors (Lipinski definition) is 6. The molecule has 0 unspecified atom stereocenters. The van der Waals surface area contributed by atoms with Gasteiger partial charge in [-0.25, -0.2) is 0 Å². The molecule has 5 heterocycles. The summed E-state index contributed by atoms with van der Waals surface area (Å²) in [5.74, 6) is 1.35. The van der Waals surface area contributed by atoms with E-state index in [0.717, 1.165) is 57.0 Å². The quantitative estimate of drug-likeness (QED) is 0.629. The molecule has 5 rings (SSSR count). The van der Waals surface area contributed by atoms with E-state index in [4.69, 9.17) is 0 Å². The van der Waals surface area contributed by atoms with Gasteiger partial charge in [-0.3, -0.25) is 19.1 Å². The van der Waals surface area contributed by atoms with E-state index in [1.165, 1.54) is 5.56 Å². The second-order valence-electron chi connectivity index (χ2n) is 8.94. The van der Waals surface area contributed by atoms with Crippen molar-refractivity contribution in [1.82, 2.24) is 34.3 Å². The summed E-state index contributed by atoms with van der Waals surface area (Å²) < 4.78 is 2.02. The molecule has 2 atom stereocenters. The number of fused-ring (bicyclic) bond motifs is 1. The van der Waals surface area contributed by atoms with Crippen LogP contribution >= 0.6 is 0 Å². The molecule has 162 valence electrons. The fourth-order valence-electron chi connectivity index (χ4n) is 4.78. The number of amides is 1. The van der Waals surface area contributed by atoms with Gasteiger partial charge in [0.25, 0.3) is 5.91 Å². The third kappa shape index (κ3) is 4.05. The molecule has 2 saturated heterocycles. The van der Waals surface area contributed by atoms with Crippen molar-refractivity contribution in [1.29, 1.82) is 0 Å². The Labute approximate surface area is 182 Å². The largest absolute Gasteiger partial charge is 0.337 e. The lowest BCUT2D eigenvalue weighted by molar-refractivity contribution is 0.0782. The highest BCUT2D eigenvalue weighted by molar-refractivity contribution is 5.94. The van der Waals surface area contributed by atoms with Crippen molar-refractivity contribution in [2.24, 2.45) is 0 Å². The molecular formula is C23H29N7O. The van der Waals surface area contributed by atoms with Crippen LogP contribution in [0.4, 0.5) is 0 Å². The first-order chi connectivity index (χ1) is 15.1. The molecule has 2 aliphatic heterocycles. The highest BCUT2D eigenvalue weighted by Gasteiger charge is 2.30. The molecule has 31 heavy (non-hydrogen) atoms. The Morgan fingerprint density at radius 1 is 1.13 bits per heavy atom. The van der Waals surface area contributed by atoms with E-state index in [0.29, 0.717) is 17.5 Å². The number of carbonyl (C=O) groups excluding carboxylic acids is 1. The molecule has 0 aromatic carbocycles. The zero-order valence-electron chi connectivity index (χ0n) is 18.2. The van der Waals surface area contributed by atoms with Gasteiger partial charge in [-0.15, -0.1) is 10.2 Å². The number of likely N-dealkylation sites (tertiary alicyclic amines) is 2. The topological polar surface area (TPSA) is 69.9 Å². The Kier molecular flexibility index (Phi) is 5.41. The Bertz CT molecular complexity index is 1060. The lowest BCUT2D eigenvalue weighted by Crippen LogP contribution is -2.34. The SMILES string of the molecule is CN(C)[C@H]1CCN(C(=O)c2ccc3nnc([C@@H]4CCN(Cc5cccnc5)C4)n3c2)C1.